The number of benzene rings is 2. The SMILES string of the molecule is N#CCCCSc1nnc(-c2nn(Cc3ccccc3)c(=O)c3ccccc23)o1. The van der Waals surface area contributed by atoms with Gasteiger partial charge < -0.3 is 4.42 Å². The number of thioether (sulfide) groups is 1. The van der Waals surface area contributed by atoms with Crippen LogP contribution in [-0.4, -0.2) is 25.7 Å². The molecule has 0 aliphatic rings. The van der Waals surface area contributed by atoms with Gasteiger partial charge in [0.1, 0.15) is 0 Å². The summed E-state index contributed by atoms with van der Waals surface area (Å²) in [4.78, 5) is 12.9. The molecule has 0 bridgehead atoms. The Labute approximate surface area is 171 Å². The number of hydrogen-bond donors (Lipinski definition) is 0. The van der Waals surface area contributed by atoms with Gasteiger partial charge in [-0.3, -0.25) is 4.79 Å². The first-order valence-corrected chi connectivity index (χ1v) is 10.1. The molecule has 0 spiro atoms. The molecule has 0 N–H and O–H groups in total. The first kappa shape index (κ1) is 18.9. The largest absolute Gasteiger partial charge is 0.410 e. The zero-order valence-corrected chi connectivity index (χ0v) is 16.3. The molecule has 8 heteroatoms. The van der Waals surface area contributed by atoms with Crippen molar-refractivity contribution in [2.75, 3.05) is 5.75 Å². The molecule has 0 atom stereocenters. The van der Waals surface area contributed by atoms with Gasteiger partial charge in [-0.05, 0) is 18.1 Å². The highest BCUT2D eigenvalue weighted by atomic mass is 32.2. The summed E-state index contributed by atoms with van der Waals surface area (Å²) < 4.78 is 7.21. The second-order valence-electron chi connectivity index (χ2n) is 6.33. The van der Waals surface area contributed by atoms with Gasteiger partial charge in [0.2, 0.25) is 0 Å². The van der Waals surface area contributed by atoms with Crippen LogP contribution >= 0.6 is 11.8 Å². The summed E-state index contributed by atoms with van der Waals surface area (Å²) in [5.41, 5.74) is 1.29. The minimum absolute atomic E-state index is 0.168. The van der Waals surface area contributed by atoms with Crippen LogP contribution in [0.1, 0.15) is 18.4 Å². The Balaban J connectivity index is 1.72. The number of nitrogens with zero attached hydrogens (tertiary/aromatic N) is 5. The normalized spacial score (nSPS) is 10.9. The molecule has 144 valence electrons. The van der Waals surface area contributed by atoms with Crippen molar-refractivity contribution in [3.05, 3.63) is 70.5 Å². The highest BCUT2D eigenvalue weighted by Gasteiger charge is 2.17. The maximum absolute atomic E-state index is 12.9. The van der Waals surface area contributed by atoms with Crippen LogP contribution in [-0.2, 0) is 6.54 Å². The molecule has 0 saturated heterocycles. The Hall–Kier alpha value is -3.44. The second kappa shape index (κ2) is 8.71. The summed E-state index contributed by atoms with van der Waals surface area (Å²) in [5, 5.41) is 23.0. The van der Waals surface area contributed by atoms with Gasteiger partial charge in [0, 0.05) is 17.6 Å². The van der Waals surface area contributed by atoms with Crippen molar-refractivity contribution in [2.24, 2.45) is 0 Å². The predicted octanol–water partition coefficient (Wildman–Crippen LogP) is 3.89. The minimum atomic E-state index is -0.168. The van der Waals surface area contributed by atoms with Gasteiger partial charge in [0.05, 0.1) is 18.0 Å². The lowest BCUT2D eigenvalue weighted by Gasteiger charge is -2.09. The van der Waals surface area contributed by atoms with Crippen LogP contribution in [0.5, 0.6) is 0 Å². The average Bonchev–Trinajstić information content (AvgIpc) is 3.23. The van der Waals surface area contributed by atoms with Crippen LogP contribution in [0.25, 0.3) is 22.4 Å². The van der Waals surface area contributed by atoms with E-state index in [-0.39, 0.29) is 11.4 Å². The van der Waals surface area contributed by atoms with Crippen LogP contribution in [0.2, 0.25) is 0 Å². The smallest absolute Gasteiger partial charge is 0.276 e. The van der Waals surface area contributed by atoms with Gasteiger partial charge in [-0.15, -0.1) is 10.2 Å². The molecule has 0 saturated carbocycles. The van der Waals surface area contributed by atoms with Crippen molar-refractivity contribution in [1.29, 1.82) is 5.26 Å². The van der Waals surface area contributed by atoms with E-state index in [0.29, 0.717) is 34.7 Å². The molecule has 0 unspecified atom stereocenters. The Morgan fingerprint density at radius 3 is 2.59 bits per heavy atom. The maximum Gasteiger partial charge on any atom is 0.276 e. The van der Waals surface area contributed by atoms with Crippen molar-refractivity contribution in [3.63, 3.8) is 0 Å². The topological polar surface area (TPSA) is 97.6 Å². The lowest BCUT2D eigenvalue weighted by molar-refractivity contribution is 0.462. The lowest BCUT2D eigenvalue weighted by atomic mass is 10.1. The molecule has 0 aliphatic carbocycles. The highest BCUT2D eigenvalue weighted by Crippen LogP contribution is 2.27. The third-order valence-corrected chi connectivity index (χ3v) is 5.22. The lowest BCUT2D eigenvalue weighted by Crippen LogP contribution is -2.24. The third kappa shape index (κ3) is 4.20. The van der Waals surface area contributed by atoms with E-state index in [1.807, 2.05) is 48.5 Å². The molecule has 4 rings (SSSR count). The molecule has 4 aromatic rings. The quantitative estimate of drug-likeness (QED) is 0.341. The molecule has 7 nitrogen and oxygen atoms in total. The van der Waals surface area contributed by atoms with E-state index in [4.69, 9.17) is 9.68 Å². The van der Waals surface area contributed by atoms with Crippen LogP contribution < -0.4 is 5.56 Å². The number of unbranched alkanes of at least 4 members (excludes halogenated alkanes) is 1. The van der Waals surface area contributed by atoms with Crippen molar-refractivity contribution in [2.45, 2.75) is 24.6 Å². The summed E-state index contributed by atoms with van der Waals surface area (Å²) in [5.74, 6) is 0.988. The highest BCUT2D eigenvalue weighted by molar-refractivity contribution is 7.99. The van der Waals surface area contributed by atoms with Crippen LogP contribution in [0, 0.1) is 11.3 Å². The molecule has 2 aromatic heterocycles. The molecule has 29 heavy (non-hydrogen) atoms. The summed E-state index contributed by atoms with van der Waals surface area (Å²) in [6.07, 6.45) is 1.24. The first-order chi connectivity index (χ1) is 14.3. The van der Waals surface area contributed by atoms with Gasteiger partial charge in [0.25, 0.3) is 16.7 Å². The molecular formula is C21H17N5O2S. The van der Waals surface area contributed by atoms with Gasteiger partial charge >= 0.3 is 0 Å². The molecule has 0 radical (unpaired) electrons. The zero-order valence-electron chi connectivity index (χ0n) is 15.5. The molecule has 2 heterocycles. The van der Waals surface area contributed by atoms with Gasteiger partial charge in [-0.2, -0.15) is 10.4 Å². The van der Waals surface area contributed by atoms with Crippen molar-refractivity contribution >= 4 is 22.5 Å². The van der Waals surface area contributed by atoms with Crippen molar-refractivity contribution in [3.8, 4) is 17.7 Å². The van der Waals surface area contributed by atoms with Gasteiger partial charge in [-0.25, -0.2) is 4.68 Å². The number of rotatable bonds is 7. The fourth-order valence-electron chi connectivity index (χ4n) is 2.93. The molecule has 0 fully saturated rings. The number of fused-ring (bicyclic) bond motifs is 1. The monoisotopic (exact) mass is 403 g/mol. The van der Waals surface area contributed by atoms with E-state index in [0.717, 1.165) is 17.7 Å². The minimum Gasteiger partial charge on any atom is -0.410 e. The zero-order chi connectivity index (χ0) is 20.1. The van der Waals surface area contributed by atoms with Crippen molar-refractivity contribution < 1.29 is 4.42 Å². The van der Waals surface area contributed by atoms with E-state index >= 15 is 0 Å². The molecule has 2 aromatic carbocycles. The summed E-state index contributed by atoms with van der Waals surface area (Å²) >= 11 is 1.40. The Kier molecular flexibility index (Phi) is 5.68. The Morgan fingerprint density at radius 1 is 1.03 bits per heavy atom. The van der Waals surface area contributed by atoms with E-state index in [9.17, 15) is 4.79 Å². The summed E-state index contributed by atoms with van der Waals surface area (Å²) in [7, 11) is 0. The van der Waals surface area contributed by atoms with Crippen molar-refractivity contribution in [1.82, 2.24) is 20.0 Å². The Morgan fingerprint density at radius 2 is 1.79 bits per heavy atom. The number of hydrogen-bond acceptors (Lipinski definition) is 7. The Bertz CT molecular complexity index is 1230. The summed E-state index contributed by atoms with van der Waals surface area (Å²) in [6.45, 7) is 0.349. The second-order valence-corrected chi connectivity index (χ2v) is 7.37. The van der Waals surface area contributed by atoms with E-state index < -0.39 is 0 Å². The summed E-state index contributed by atoms with van der Waals surface area (Å²) in [6, 6.07) is 19.1. The van der Waals surface area contributed by atoms with Gasteiger partial charge in [-0.1, -0.05) is 60.3 Å². The number of nitriles is 1. The third-order valence-electron chi connectivity index (χ3n) is 4.31. The average molecular weight is 403 g/mol. The van der Waals surface area contributed by atoms with E-state index in [1.54, 1.807) is 6.07 Å². The maximum atomic E-state index is 12.9. The molecular weight excluding hydrogens is 386 g/mol. The van der Waals surface area contributed by atoms with E-state index in [1.165, 1.54) is 16.4 Å². The molecule has 0 aliphatic heterocycles. The first-order valence-electron chi connectivity index (χ1n) is 9.13. The van der Waals surface area contributed by atoms with Crippen LogP contribution in [0.15, 0.2) is 69.0 Å². The standard InChI is InChI=1S/C21H17N5O2S/c22-12-6-7-13-29-21-24-23-19(28-21)18-16-10-4-5-11-17(16)20(27)26(25-18)14-15-8-2-1-3-9-15/h1-5,8-11H,6-7,13-14H2. The fourth-order valence-corrected chi connectivity index (χ4v) is 3.63. The fraction of sp³-hybridized carbons (Fsp3) is 0.190. The van der Waals surface area contributed by atoms with E-state index in [2.05, 4.69) is 21.4 Å². The van der Waals surface area contributed by atoms with Crippen LogP contribution in [0.3, 0.4) is 0 Å². The van der Waals surface area contributed by atoms with Crippen LogP contribution in [0.4, 0.5) is 0 Å². The molecule has 0 amide bonds. The van der Waals surface area contributed by atoms with Gasteiger partial charge in [0.15, 0.2) is 5.69 Å². The number of aromatic nitrogens is 4. The predicted molar refractivity (Wildman–Crippen MR) is 110 cm³/mol.